The first-order chi connectivity index (χ1) is 8.17. The van der Waals surface area contributed by atoms with Crippen LogP contribution in [0.4, 0.5) is 5.69 Å². The van der Waals surface area contributed by atoms with E-state index < -0.39 is 0 Å². The van der Waals surface area contributed by atoms with Crippen LogP contribution in [-0.4, -0.2) is 18.5 Å². The van der Waals surface area contributed by atoms with Crippen LogP contribution in [0.15, 0.2) is 24.3 Å². The smallest absolute Gasteiger partial charge is 0.338 e. The standard InChI is InChI=1S/C13H13NO3/c1-3-5-12(15)14-11-8-6-10(7-9-11)13(16)17-4-2/h6-9H,4H2,1-2H3,(H,14,15). The van der Waals surface area contributed by atoms with Crippen molar-refractivity contribution in [3.63, 3.8) is 0 Å². The first-order valence-electron chi connectivity index (χ1n) is 5.18. The predicted molar refractivity (Wildman–Crippen MR) is 64.5 cm³/mol. The van der Waals surface area contributed by atoms with Crippen LogP contribution in [0.25, 0.3) is 0 Å². The van der Waals surface area contributed by atoms with Crippen LogP contribution in [0.2, 0.25) is 0 Å². The van der Waals surface area contributed by atoms with Crippen molar-refractivity contribution in [2.45, 2.75) is 13.8 Å². The fraction of sp³-hybridized carbons (Fsp3) is 0.231. The van der Waals surface area contributed by atoms with Crippen molar-refractivity contribution < 1.29 is 14.3 Å². The highest BCUT2D eigenvalue weighted by Gasteiger charge is 2.05. The Bertz CT molecular complexity index is 466. The van der Waals surface area contributed by atoms with Gasteiger partial charge >= 0.3 is 5.97 Å². The van der Waals surface area contributed by atoms with Gasteiger partial charge in [0, 0.05) is 5.69 Å². The molecule has 4 heteroatoms. The predicted octanol–water partition coefficient (Wildman–Crippen LogP) is 1.83. The van der Waals surface area contributed by atoms with E-state index in [1.807, 2.05) is 0 Å². The highest BCUT2D eigenvalue weighted by molar-refractivity contribution is 6.04. The van der Waals surface area contributed by atoms with Gasteiger partial charge in [-0.15, -0.1) is 0 Å². The van der Waals surface area contributed by atoms with Gasteiger partial charge in [-0.05, 0) is 44.0 Å². The third-order valence-electron chi connectivity index (χ3n) is 1.89. The Balaban J connectivity index is 2.70. The van der Waals surface area contributed by atoms with Crippen molar-refractivity contribution in [2.24, 2.45) is 0 Å². The minimum atomic E-state index is -0.378. The van der Waals surface area contributed by atoms with Crippen molar-refractivity contribution in [3.8, 4) is 11.8 Å². The maximum atomic E-state index is 11.3. The second-order valence-electron chi connectivity index (χ2n) is 3.13. The van der Waals surface area contributed by atoms with Gasteiger partial charge in [-0.3, -0.25) is 4.79 Å². The molecule has 4 nitrogen and oxygen atoms in total. The van der Waals surface area contributed by atoms with Crippen LogP contribution >= 0.6 is 0 Å². The number of hydrogen-bond donors (Lipinski definition) is 1. The average molecular weight is 231 g/mol. The lowest BCUT2D eigenvalue weighted by Crippen LogP contribution is -2.09. The molecule has 0 atom stereocenters. The summed E-state index contributed by atoms with van der Waals surface area (Å²) in [7, 11) is 0. The van der Waals surface area contributed by atoms with E-state index in [4.69, 9.17) is 4.74 Å². The summed E-state index contributed by atoms with van der Waals surface area (Å²) in [5, 5.41) is 2.58. The summed E-state index contributed by atoms with van der Waals surface area (Å²) in [5.41, 5.74) is 1.04. The zero-order valence-corrected chi connectivity index (χ0v) is 9.74. The van der Waals surface area contributed by atoms with Crippen LogP contribution in [0, 0.1) is 11.8 Å². The molecule has 88 valence electrons. The summed E-state index contributed by atoms with van der Waals surface area (Å²) in [5.74, 6) is 4.10. The maximum absolute atomic E-state index is 11.3. The number of hydrogen-bond acceptors (Lipinski definition) is 3. The van der Waals surface area contributed by atoms with Crippen molar-refractivity contribution >= 4 is 17.6 Å². The Hall–Kier alpha value is -2.28. The first kappa shape index (κ1) is 12.8. The van der Waals surface area contributed by atoms with Gasteiger partial charge in [0.2, 0.25) is 0 Å². The Labute approximate surface area is 100.0 Å². The van der Waals surface area contributed by atoms with Gasteiger partial charge in [0.05, 0.1) is 12.2 Å². The number of ether oxygens (including phenoxy) is 1. The molecule has 0 radical (unpaired) electrons. The fourth-order valence-electron chi connectivity index (χ4n) is 1.18. The van der Waals surface area contributed by atoms with Crippen molar-refractivity contribution in [1.82, 2.24) is 0 Å². The van der Waals surface area contributed by atoms with Crippen LogP contribution in [0.1, 0.15) is 24.2 Å². The van der Waals surface area contributed by atoms with Gasteiger partial charge in [-0.25, -0.2) is 4.79 Å². The monoisotopic (exact) mass is 231 g/mol. The summed E-state index contributed by atoms with van der Waals surface area (Å²) >= 11 is 0. The van der Waals surface area contributed by atoms with E-state index in [0.29, 0.717) is 17.9 Å². The van der Waals surface area contributed by atoms with E-state index in [2.05, 4.69) is 17.2 Å². The number of carbonyl (C=O) groups excluding carboxylic acids is 2. The van der Waals surface area contributed by atoms with Gasteiger partial charge in [0.25, 0.3) is 5.91 Å². The molecule has 0 unspecified atom stereocenters. The summed E-state index contributed by atoms with van der Waals surface area (Å²) < 4.78 is 4.84. The molecule has 17 heavy (non-hydrogen) atoms. The Morgan fingerprint density at radius 2 is 1.94 bits per heavy atom. The van der Waals surface area contributed by atoms with E-state index >= 15 is 0 Å². The highest BCUT2D eigenvalue weighted by atomic mass is 16.5. The Morgan fingerprint density at radius 3 is 2.47 bits per heavy atom. The van der Waals surface area contributed by atoms with E-state index in [1.54, 1.807) is 38.1 Å². The SMILES string of the molecule is CC#CC(=O)Nc1ccc(C(=O)OCC)cc1. The molecule has 0 saturated heterocycles. The summed E-state index contributed by atoms with van der Waals surface area (Å²) in [6.45, 7) is 3.67. The number of rotatable bonds is 3. The van der Waals surface area contributed by atoms with E-state index in [1.165, 1.54) is 0 Å². The zero-order valence-electron chi connectivity index (χ0n) is 9.74. The normalized spacial score (nSPS) is 8.82. The maximum Gasteiger partial charge on any atom is 0.338 e. The lowest BCUT2D eigenvalue weighted by Gasteiger charge is -2.03. The molecule has 1 rings (SSSR count). The van der Waals surface area contributed by atoms with Gasteiger partial charge in [0.1, 0.15) is 0 Å². The molecule has 0 fully saturated rings. The van der Waals surface area contributed by atoms with Gasteiger partial charge in [-0.1, -0.05) is 5.92 Å². The summed E-state index contributed by atoms with van der Waals surface area (Å²) in [4.78, 5) is 22.5. The van der Waals surface area contributed by atoms with E-state index in [0.717, 1.165) is 0 Å². The molecule has 1 aromatic rings. The molecule has 1 N–H and O–H groups in total. The molecular weight excluding hydrogens is 218 g/mol. The van der Waals surface area contributed by atoms with Crippen LogP contribution in [-0.2, 0) is 9.53 Å². The van der Waals surface area contributed by atoms with Crippen molar-refractivity contribution in [2.75, 3.05) is 11.9 Å². The first-order valence-corrected chi connectivity index (χ1v) is 5.18. The lowest BCUT2D eigenvalue weighted by atomic mass is 10.2. The largest absolute Gasteiger partial charge is 0.462 e. The second kappa shape index (κ2) is 6.33. The molecule has 0 aliphatic carbocycles. The Morgan fingerprint density at radius 1 is 1.29 bits per heavy atom. The van der Waals surface area contributed by atoms with Crippen LogP contribution < -0.4 is 5.32 Å². The molecule has 0 saturated carbocycles. The molecule has 0 bridgehead atoms. The quantitative estimate of drug-likeness (QED) is 0.637. The highest BCUT2D eigenvalue weighted by Crippen LogP contribution is 2.10. The zero-order chi connectivity index (χ0) is 12.7. The molecule has 1 aromatic carbocycles. The fourth-order valence-corrected chi connectivity index (χ4v) is 1.18. The molecule has 1 amide bonds. The minimum absolute atomic E-state index is 0.337. The second-order valence-corrected chi connectivity index (χ2v) is 3.13. The number of benzene rings is 1. The van der Waals surface area contributed by atoms with Gasteiger partial charge < -0.3 is 10.1 Å². The molecule has 0 aromatic heterocycles. The van der Waals surface area contributed by atoms with E-state index in [9.17, 15) is 9.59 Å². The average Bonchev–Trinajstić information content (AvgIpc) is 2.30. The third kappa shape index (κ3) is 3.99. The van der Waals surface area contributed by atoms with Gasteiger partial charge in [-0.2, -0.15) is 0 Å². The molecular formula is C13H13NO3. The third-order valence-corrected chi connectivity index (χ3v) is 1.89. The molecule has 0 heterocycles. The minimum Gasteiger partial charge on any atom is -0.462 e. The summed E-state index contributed by atoms with van der Waals surface area (Å²) in [6, 6.07) is 6.43. The van der Waals surface area contributed by atoms with Gasteiger partial charge in [0.15, 0.2) is 0 Å². The van der Waals surface area contributed by atoms with Crippen LogP contribution in [0.3, 0.4) is 0 Å². The molecule has 0 aliphatic rings. The van der Waals surface area contributed by atoms with E-state index in [-0.39, 0.29) is 11.9 Å². The Kier molecular flexibility index (Phi) is 4.77. The summed E-state index contributed by atoms with van der Waals surface area (Å²) in [6.07, 6.45) is 0. The molecule has 0 spiro atoms. The van der Waals surface area contributed by atoms with Crippen molar-refractivity contribution in [3.05, 3.63) is 29.8 Å². The molecule has 0 aliphatic heterocycles. The topological polar surface area (TPSA) is 55.4 Å². The number of carbonyl (C=O) groups is 2. The number of nitrogens with one attached hydrogen (secondary N) is 1. The number of amides is 1. The van der Waals surface area contributed by atoms with Crippen molar-refractivity contribution in [1.29, 1.82) is 0 Å². The lowest BCUT2D eigenvalue weighted by molar-refractivity contribution is -0.111. The number of anilines is 1. The number of esters is 1. The van der Waals surface area contributed by atoms with Crippen LogP contribution in [0.5, 0.6) is 0 Å².